The van der Waals surface area contributed by atoms with E-state index in [2.05, 4.69) is 0 Å². The molecule has 0 aliphatic rings. The fourth-order valence-corrected chi connectivity index (χ4v) is 3.45. The topological polar surface area (TPSA) is 69.4 Å². The molecular formula is C15H17NO3S. The Balaban J connectivity index is 2.30. The van der Waals surface area contributed by atoms with Crippen molar-refractivity contribution in [3.63, 3.8) is 0 Å². The predicted octanol–water partition coefficient (Wildman–Crippen LogP) is 2.56. The third kappa shape index (κ3) is 3.11. The van der Waals surface area contributed by atoms with Crippen LogP contribution in [0.4, 0.5) is 5.69 Å². The number of nitrogen functional groups attached to an aromatic ring is 1. The molecule has 0 fully saturated rings. The summed E-state index contributed by atoms with van der Waals surface area (Å²) >= 11 is 0. The van der Waals surface area contributed by atoms with Crippen molar-refractivity contribution in [3.05, 3.63) is 53.6 Å². The fraction of sp³-hybridized carbons (Fsp3) is 0.200. The van der Waals surface area contributed by atoms with Gasteiger partial charge < -0.3 is 10.5 Å². The number of ether oxygens (including phenoxy) is 1. The van der Waals surface area contributed by atoms with Crippen molar-refractivity contribution in [1.82, 2.24) is 0 Å². The summed E-state index contributed by atoms with van der Waals surface area (Å²) in [5.74, 6) is 0.616. The maximum absolute atomic E-state index is 12.4. The van der Waals surface area contributed by atoms with Crippen LogP contribution >= 0.6 is 0 Å². The van der Waals surface area contributed by atoms with E-state index >= 15 is 0 Å². The molecule has 5 heteroatoms. The first-order valence-electron chi connectivity index (χ1n) is 6.14. The summed E-state index contributed by atoms with van der Waals surface area (Å²) in [6.07, 6.45) is 0. The van der Waals surface area contributed by atoms with E-state index in [1.54, 1.807) is 49.6 Å². The van der Waals surface area contributed by atoms with Gasteiger partial charge >= 0.3 is 0 Å². The summed E-state index contributed by atoms with van der Waals surface area (Å²) in [6, 6.07) is 11.9. The normalized spacial score (nSPS) is 11.3. The average Bonchev–Trinajstić information content (AvgIpc) is 2.38. The molecule has 0 aliphatic carbocycles. The van der Waals surface area contributed by atoms with Crippen LogP contribution in [-0.2, 0) is 15.6 Å². The molecule has 0 radical (unpaired) electrons. The minimum atomic E-state index is -3.45. The minimum Gasteiger partial charge on any atom is -0.497 e. The Morgan fingerprint density at radius 2 is 1.75 bits per heavy atom. The van der Waals surface area contributed by atoms with Crippen LogP contribution in [0.2, 0.25) is 0 Å². The van der Waals surface area contributed by atoms with Crippen LogP contribution in [0.5, 0.6) is 5.75 Å². The first-order chi connectivity index (χ1) is 9.42. The summed E-state index contributed by atoms with van der Waals surface area (Å²) in [7, 11) is -1.88. The lowest BCUT2D eigenvalue weighted by atomic mass is 10.2. The zero-order chi connectivity index (χ0) is 14.8. The second kappa shape index (κ2) is 5.54. The van der Waals surface area contributed by atoms with Crippen molar-refractivity contribution < 1.29 is 13.2 Å². The molecule has 106 valence electrons. The smallest absolute Gasteiger partial charge is 0.184 e. The Bertz CT molecular complexity index is 706. The Morgan fingerprint density at radius 3 is 2.30 bits per heavy atom. The molecule has 20 heavy (non-hydrogen) atoms. The van der Waals surface area contributed by atoms with Gasteiger partial charge in [-0.05, 0) is 42.3 Å². The average molecular weight is 291 g/mol. The number of rotatable bonds is 4. The highest BCUT2D eigenvalue weighted by Gasteiger charge is 2.18. The van der Waals surface area contributed by atoms with Crippen molar-refractivity contribution in [2.24, 2.45) is 0 Å². The standard InChI is InChI=1S/C15H17NO3S/c1-11-3-8-15(14(16)9-11)20(17,18)10-12-4-6-13(19-2)7-5-12/h3-9H,10,16H2,1-2H3. The van der Waals surface area contributed by atoms with Crippen LogP contribution < -0.4 is 10.5 Å². The van der Waals surface area contributed by atoms with Crippen molar-refractivity contribution in [2.45, 2.75) is 17.6 Å². The lowest BCUT2D eigenvalue weighted by Gasteiger charge is -2.09. The first kappa shape index (κ1) is 14.4. The molecule has 0 bridgehead atoms. The Morgan fingerprint density at radius 1 is 1.10 bits per heavy atom. The molecule has 2 aromatic carbocycles. The molecule has 2 rings (SSSR count). The summed E-state index contributed by atoms with van der Waals surface area (Å²) in [6.45, 7) is 1.87. The van der Waals surface area contributed by atoms with E-state index in [1.165, 1.54) is 0 Å². The predicted molar refractivity (Wildman–Crippen MR) is 79.5 cm³/mol. The monoisotopic (exact) mass is 291 g/mol. The van der Waals surface area contributed by atoms with Gasteiger partial charge in [-0.3, -0.25) is 0 Å². The lowest BCUT2D eigenvalue weighted by molar-refractivity contribution is 0.414. The number of aryl methyl sites for hydroxylation is 1. The van der Waals surface area contributed by atoms with Gasteiger partial charge in [-0.25, -0.2) is 8.42 Å². The zero-order valence-electron chi connectivity index (χ0n) is 11.5. The van der Waals surface area contributed by atoms with Crippen LogP contribution in [-0.4, -0.2) is 15.5 Å². The lowest BCUT2D eigenvalue weighted by Crippen LogP contribution is -2.08. The minimum absolute atomic E-state index is 0.0791. The second-order valence-electron chi connectivity index (χ2n) is 4.65. The molecule has 0 unspecified atom stereocenters. The molecule has 0 saturated carbocycles. The van der Waals surface area contributed by atoms with Gasteiger partial charge in [-0.2, -0.15) is 0 Å². The van der Waals surface area contributed by atoms with Gasteiger partial charge in [-0.1, -0.05) is 18.2 Å². The number of methoxy groups -OCH3 is 1. The van der Waals surface area contributed by atoms with E-state index in [9.17, 15) is 8.42 Å². The third-order valence-corrected chi connectivity index (χ3v) is 4.77. The number of hydrogen-bond donors (Lipinski definition) is 1. The number of hydrogen-bond acceptors (Lipinski definition) is 4. The number of sulfone groups is 1. The molecule has 2 aromatic rings. The Labute approximate surface area is 119 Å². The van der Waals surface area contributed by atoms with Crippen LogP contribution in [0.25, 0.3) is 0 Å². The molecule has 4 nitrogen and oxygen atoms in total. The fourth-order valence-electron chi connectivity index (χ4n) is 1.97. The highest BCUT2D eigenvalue weighted by molar-refractivity contribution is 7.90. The second-order valence-corrected chi connectivity index (χ2v) is 6.61. The number of anilines is 1. The van der Waals surface area contributed by atoms with Gasteiger partial charge in [-0.15, -0.1) is 0 Å². The van der Waals surface area contributed by atoms with Gasteiger partial charge in [0, 0.05) is 0 Å². The van der Waals surface area contributed by atoms with E-state index in [1.807, 2.05) is 6.92 Å². The molecule has 0 saturated heterocycles. The quantitative estimate of drug-likeness (QED) is 0.879. The van der Waals surface area contributed by atoms with Crippen molar-refractivity contribution in [3.8, 4) is 5.75 Å². The molecule has 0 amide bonds. The third-order valence-electron chi connectivity index (χ3n) is 3.02. The van der Waals surface area contributed by atoms with Crippen molar-refractivity contribution >= 4 is 15.5 Å². The molecule has 0 aliphatic heterocycles. The van der Waals surface area contributed by atoms with E-state index in [-0.39, 0.29) is 10.6 Å². The van der Waals surface area contributed by atoms with E-state index in [0.717, 1.165) is 5.56 Å². The van der Waals surface area contributed by atoms with Crippen molar-refractivity contribution in [1.29, 1.82) is 0 Å². The highest BCUT2D eigenvalue weighted by atomic mass is 32.2. The largest absolute Gasteiger partial charge is 0.497 e. The summed E-state index contributed by atoms with van der Waals surface area (Å²) in [5, 5.41) is 0. The van der Waals surface area contributed by atoms with E-state index < -0.39 is 9.84 Å². The van der Waals surface area contributed by atoms with Gasteiger partial charge in [0.2, 0.25) is 0 Å². The molecule has 0 heterocycles. The van der Waals surface area contributed by atoms with Crippen LogP contribution in [0.3, 0.4) is 0 Å². The summed E-state index contributed by atoms with van der Waals surface area (Å²) in [5.41, 5.74) is 7.73. The van der Waals surface area contributed by atoms with Gasteiger partial charge in [0.15, 0.2) is 9.84 Å². The van der Waals surface area contributed by atoms with Gasteiger partial charge in [0.1, 0.15) is 5.75 Å². The van der Waals surface area contributed by atoms with E-state index in [0.29, 0.717) is 17.0 Å². The maximum Gasteiger partial charge on any atom is 0.184 e. The van der Waals surface area contributed by atoms with Crippen LogP contribution in [0.15, 0.2) is 47.4 Å². The molecular weight excluding hydrogens is 274 g/mol. The first-order valence-corrected chi connectivity index (χ1v) is 7.79. The molecule has 0 aromatic heterocycles. The Hall–Kier alpha value is -2.01. The number of benzene rings is 2. The molecule has 0 atom stereocenters. The number of nitrogens with two attached hydrogens (primary N) is 1. The van der Waals surface area contributed by atoms with E-state index in [4.69, 9.17) is 10.5 Å². The van der Waals surface area contributed by atoms with Gasteiger partial charge in [0.05, 0.1) is 23.4 Å². The SMILES string of the molecule is COc1ccc(CS(=O)(=O)c2ccc(C)cc2N)cc1. The molecule has 2 N–H and O–H groups in total. The van der Waals surface area contributed by atoms with Crippen LogP contribution in [0, 0.1) is 6.92 Å². The zero-order valence-corrected chi connectivity index (χ0v) is 12.3. The van der Waals surface area contributed by atoms with Crippen molar-refractivity contribution in [2.75, 3.05) is 12.8 Å². The molecule has 0 spiro atoms. The Kier molecular flexibility index (Phi) is 3.99. The van der Waals surface area contributed by atoms with Gasteiger partial charge in [0.25, 0.3) is 0 Å². The highest BCUT2D eigenvalue weighted by Crippen LogP contribution is 2.24. The summed E-state index contributed by atoms with van der Waals surface area (Å²) < 4.78 is 29.8. The maximum atomic E-state index is 12.4. The summed E-state index contributed by atoms with van der Waals surface area (Å²) in [4.78, 5) is 0.180. The van der Waals surface area contributed by atoms with Crippen LogP contribution in [0.1, 0.15) is 11.1 Å².